The van der Waals surface area contributed by atoms with E-state index in [0.717, 1.165) is 12.1 Å². The molecule has 0 heterocycles. The second-order valence-corrected chi connectivity index (χ2v) is 5.01. The number of aromatic carboxylic acids is 3. The summed E-state index contributed by atoms with van der Waals surface area (Å²) in [6.45, 7) is 4.00. The maximum Gasteiger partial charge on any atom is 0.337 e. The van der Waals surface area contributed by atoms with Crippen molar-refractivity contribution >= 4 is 35.3 Å². The molecule has 10 nitrogen and oxygen atoms in total. The zero-order valence-electron chi connectivity index (χ0n) is 16.0. The van der Waals surface area contributed by atoms with Gasteiger partial charge in [0.15, 0.2) is 0 Å². The molecule has 156 valence electrons. The van der Waals surface area contributed by atoms with Crippen LogP contribution in [-0.2, 0) is 4.74 Å². The van der Waals surface area contributed by atoms with E-state index in [1.165, 1.54) is 31.4 Å². The van der Waals surface area contributed by atoms with Gasteiger partial charge in [-0.1, -0.05) is 13.8 Å². The molecule has 2 aromatic rings. The Morgan fingerprint density at radius 2 is 1.07 bits per heavy atom. The quantitative estimate of drug-likeness (QED) is 0.372. The Hall–Kier alpha value is -4.08. The summed E-state index contributed by atoms with van der Waals surface area (Å²) >= 11 is 0. The minimum Gasteiger partial charge on any atom is -0.478 e. The van der Waals surface area contributed by atoms with Crippen molar-refractivity contribution < 1.29 is 39.2 Å². The van der Waals surface area contributed by atoms with Crippen molar-refractivity contribution in [3.63, 3.8) is 0 Å². The minimum atomic E-state index is -1.24. The van der Waals surface area contributed by atoms with E-state index >= 15 is 0 Å². The molecule has 0 saturated heterocycles. The number of ether oxygens (including phenoxy) is 1. The number of esters is 1. The average Bonchev–Trinajstić information content (AvgIpc) is 2.70. The van der Waals surface area contributed by atoms with Crippen LogP contribution in [0.3, 0.4) is 0 Å². The van der Waals surface area contributed by atoms with Crippen LogP contribution in [0.4, 0.5) is 11.4 Å². The van der Waals surface area contributed by atoms with E-state index in [2.05, 4.69) is 4.74 Å². The van der Waals surface area contributed by atoms with Gasteiger partial charge >= 0.3 is 23.9 Å². The molecule has 0 saturated carbocycles. The highest BCUT2D eigenvalue weighted by atomic mass is 16.5. The number of carboxylic acids is 3. The van der Waals surface area contributed by atoms with Gasteiger partial charge in [-0.3, -0.25) is 0 Å². The lowest BCUT2D eigenvalue weighted by Crippen LogP contribution is -2.09. The zero-order chi connectivity index (χ0) is 22.7. The van der Waals surface area contributed by atoms with E-state index < -0.39 is 23.9 Å². The van der Waals surface area contributed by atoms with Crippen molar-refractivity contribution in [2.45, 2.75) is 13.8 Å². The molecule has 0 atom stereocenters. The van der Waals surface area contributed by atoms with E-state index in [1.54, 1.807) is 0 Å². The number of nitrogens with two attached hydrogens (primary N) is 2. The van der Waals surface area contributed by atoms with Crippen LogP contribution >= 0.6 is 0 Å². The first-order chi connectivity index (χ1) is 13.6. The number of hydrogen-bond acceptors (Lipinski definition) is 7. The fourth-order valence-corrected chi connectivity index (χ4v) is 1.87. The fraction of sp³-hybridized carbons (Fsp3) is 0.158. The smallest absolute Gasteiger partial charge is 0.337 e. The fourth-order valence-electron chi connectivity index (χ4n) is 1.87. The van der Waals surface area contributed by atoms with Crippen molar-refractivity contribution in [1.82, 2.24) is 0 Å². The van der Waals surface area contributed by atoms with Crippen LogP contribution in [0.5, 0.6) is 0 Å². The van der Waals surface area contributed by atoms with Gasteiger partial charge < -0.3 is 31.5 Å². The summed E-state index contributed by atoms with van der Waals surface area (Å²) in [5, 5.41) is 25.8. The Morgan fingerprint density at radius 3 is 1.34 bits per heavy atom. The average molecular weight is 406 g/mol. The van der Waals surface area contributed by atoms with Crippen LogP contribution in [-0.4, -0.2) is 46.3 Å². The van der Waals surface area contributed by atoms with Crippen molar-refractivity contribution in [2.75, 3.05) is 18.6 Å². The van der Waals surface area contributed by atoms with Crippen LogP contribution in [0.2, 0.25) is 0 Å². The Balaban J connectivity index is 0.000000499. The minimum absolute atomic E-state index is 0.121. The third-order valence-electron chi connectivity index (χ3n) is 3.24. The molecule has 0 aromatic heterocycles. The highest BCUT2D eigenvalue weighted by molar-refractivity contribution is 6.01. The van der Waals surface area contributed by atoms with Crippen LogP contribution in [0.25, 0.3) is 0 Å². The predicted octanol–water partition coefficient (Wildman–Crippen LogP) is 2.45. The normalized spacial score (nSPS) is 9.07. The van der Waals surface area contributed by atoms with E-state index in [9.17, 15) is 19.2 Å². The number of methoxy groups -OCH3 is 1. The van der Waals surface area contributed by atoms with Gasteiger partial charge in [0, 0.05) is 11.4 Å². The standard InChI is InChI=1S/C9H8O4.C8H8N2O4.C2H6/c1-13-9(12)7-4-2-6(3-5-7)8(10)11;9-5-1-3(7(11)12)6(10)2-4(5)8(13)14;1-2/h2-5H,1H3,(H,10,11);1-2H,9-10H2,(H,11,12)(H,13,14);1-2H3. The molecule has 0 aliphatic carbocycles. The van der Waals surface area contributed by atoms with Crippen LogP contribution in [0.15, 0.2) is 36.4 Å². The molecule has 7 N–H and O–H groups in total. The van der Waals surface area contributed by atoms with Gasteiger partial charge in [0.05, 0.1) is 29.4 Å². The number of nitrogen functional groups attached to an aromatic ring is 2. The largest absolute Gasteiger partial charge is 0.478 e. The van der Waals surface area contributed by atoms with Crippen molar-refractivity contribution in [1.29, 1.82) is 0 Å². The zero-order valence-corrected chi connectivity index (χ0v) is 16.0. The first-order valence-electron chi connectivity index (χ1n) is 8.15. The van der Waals surface area contributed by atoms with Gasteiger partial charge in [-0.2, -0.15) is 0 Å². The number of benzene rings is 2. The van der Waals surface area contributed by atoms with Crippen LogP contribution in [0.1, 0.15) is 55.3 Å². The summed E-state index contributed by atoms with van der Waals surface area (Å²) in [6, 6.07) is 7.59. The van der Waals surface area contributed by atoms with E-state index in [1.807, 2.05) is 13.8 Å². The summed E-state index contributed by atoms with van der Waals surface area (Å²) in [5.41, 5.74) is 10.5. The lowest BCUT2D eigenvalue weighted by Gasteiger charge is -2.05. The lowest BCUT2D eigenvalue weighted by atomic mass is 10.1. The summed E-state index contributed by atoms with van der Waals surface area (Å²) in [5.74, 6) is -3.98. The Labute approximate surface area is 166 Å². The number of rotatable bonds is 4. The van der Waals surface area contributed by atoms with E-state index in [0.29, 0.717) is 5.56 Å². The molecule has 29 heavy (non-hydrogen) atoms. The van der Waals surface area contributed by atoms with Crippen LogP contribution in [0, 0.1) is 0 Å². The molecular weight excluding hydrogens is 384 g/mol. The molecular formula is C19H22N2O8. The lowest BCUT2D eigenvalue weighted by molar-refractivity contribution is 0.0597. The van der Waals surface area contributed by atoms with Gasteiger partial charge in [0.25, 0.3) is 0 Å². The van der Waals surface area contributed by atoms with E-state index in [4.69, 9.17) is 26.8 Å². The van der Waals surface area contributed by atoms with Crippen molar-refractivity contribution in [2.24, 2.45) is 0 Å². The van der Waals surface area contributed by atoms with Crippen molar-refractivity contribution in [3.8, 4) is 0 Å². The van der Waals surface area contributed by atoms with Gasteiger partial charge in [-0.25, -0.2) is 19.2 Å². The molecule has 0 aliphatic rings. The second-order valence-electron chi connectivity index (χ2n) is 5.01. The number of anilines is 2. The van der Waals surface area contributed by atoms with Crippen molar-refractivity contribution in [3.05, 3.63) is 58.7 Å². The molecule has 0 radical (unpaired) electrons. The molecule has 0 unspecified atom stereocenters. The summed E-state index contributed by atoms with van der Waals surface area (Å²) < 4.78 is 4.45. The molecule has 2 aromatic carbocycles. The van der Waals surface area contributed by atoms with Gasteiger partial charge in [-0.15, -0.1) is 0 Å². The van der Waals surface area contributed by atoms with Gasteiger partial charge in [-0.05, 0) is 36.4 Å². The number of carbonyl (C=O) groups excluding carboxylic acids is 1. The second kappa shape index (κ2) is 11.6. The number of carboxylic acid groups (broad SMARTS) is 3. The molecule has 0 aliphatic heterocycles. The number of carbonyl (C=O) groups is 4. The van der Waals surface area contributed by atoms with E-state index in [-0.39, 0.29) is 28.1 Å². The van der Waals surface area contributed by atoms with Gasteiger partial charge in [0.2, 0.25) is 0 Å². The topological polar surface area (TPSA) is 190 Å². The molecule has 0 spiro atoms. The molecule has 0 fully saturated rings. The highest BCUT2D eigenvalue weighted by Crippen LogP contribution is 2.21. The third-order valence-corrected chi connectivity index (χ3v) is 3.24. The summed E-state index contributed by atoms with van der Waals surface area (Å²) in [4.78, 5) is 42.5. The Kier molecular flexibility index (Phi) is 9.96. The monoisotopic (exact) mass is 406 g/mol. The molecule has 0 amide bonds. The third kappa shape index (κ3) is 7.21. The summed E-state index contributed by atoms with van der Waals surface area (Å²) in [6.07, 6.45) is 0. The summed E-state index contributed by atoms with van der Waals surface area (Å²) in [7, 11) is 1.27. The molecule has 2 rings (SSSR count). The highest BCUT2D eigenvalue weighted by Gasteiger charge is 2.15. The van der Waals surface area contributed by atoms with Gasteiger partial charge in [0.1, 0.15) is 0 Å². The van der Waals surface area contributed by atoms with Crippen LogP contribution < -0.4 is 11.5 Å². The predicted molar refractivity (Wildman–Crippen MR) is 105 cm³/mol. The first-order valence-corrected chi connectivity index (χ1v) is 8.15. The first kappa shape index (κ1) is 24.9. The molecule has 10 heteroatoms. The number of hydrogen-bond donors (Lipinski definition) is 5. The Morgan fingerprint density at radius 1 is 0.724 bits per heavy atom. The maximum atomic E-state index is 10.9. The Bertz CT molecular complexity index is 852. The molecule has 0 bridgehead atoms. The SMILES string of the molecule is CC.COC(=O)c1ccc(C(=O)O)cc1.Nc1cc(C(=O)O)c(N)cc1C(=O)O. The maximum absolute atomic E-state index is 10.9.